The lowest BCUT2D eigenvalue weighted by Crippen LogP contribution is -2.41. The predicted octanol–water partition coefficient (Wildman–Crippen LogP) is 0.691. The van der Waals surface area contributed by atoms with Crippen LogP contribution in [-0.4, -0.2) is 24.5 Å². The average molecular weight is 237 g/mol. The van der Waals surface area contributed by atoms with Gasteiger partial charge in [0.25, 0.3) is 0 Å². The molecule has 0 aliphatic rings. The van der Waals surface area contributed by atoms with E-state index < -0.39 is 5.41 Å². The smallest absolute Gasteiger partial charge is 0.227 e. The Balaban J connectivity index is 2.65. The number of nitrogens with one attached hydrogen (secondary N) is 1. The summed E-state index contributed by atoms with van der Waals surface area (Å²) in [6.07, 6.45) is 1.65. The highest BCUT2D eigenvalue weighted by molar-refractivity contribution is 5.82. The van der Waals surface area contributed by atoms with Crippen molar-refractivity contribution in [3.63, 3.8) is 0 Å². The second-order valence-corrected chi connectivity index (χ2v) is 4.44. The highest BCUT2D eigenvalue weighted by Crippen LogP contribution is 2.15. The fraction of sp³-hybridized carbons (Fsp3) is 0.500. The monoisotopic (exact) mass is 237 g/mol. The number of hydrogen-bond acceptors (Lipinski definition) is 4. The zero-order valence-electron chi connectivity index (χ0n) is 10.5. The minimum atomic E-state index is -0.560. The Hall–Kier alpha value is -1.62. The number of pyridine rings is 1. The summed E-state index contributed by atoms with van der Waals surface area (Å²) in [7, 11) is 1.55. The van der Waals surface area contributed by atoms with Crippen LogP contribution in [0.2, 0.25) is 0 Å². The van der Waals surface area contributed by atoms with Gasteiger partial charge < -0.3 is 15.8 Å². The molecular weight excluding hydrogens is 218 g/mol. The van der Waals surface area contributed by atoms with E-state index in [1.54, 1.807) is 19.4 Å². The van der Waals surface area contributed by atoms with E-state index >= 15 is 0 Å². The first kappa shape index (κ1) is 13.4. The van der Waals surface area contributed by atoms with Crippen molar-refractivity contribution in [2.24, 2.45) is 11.1 Å². The molecular formula is C12H19N3O2. The number of amides is 1. The van der Waals surface area contributed by atoms with Crippen LogP contribution in [0.1, 0.15) is 19.4 Å². The van der Waals surface area contributed by atoms with Gasteiger partial charge in [0.05, 0.1) is 12.5 Å². The summed E-state index contributed by atoms with van der Waals surface area (Å²) in [5.41, 5.74) is 5.82. The van der Waals surface area contributed by atoms with Crippen LogP contribution in [0.3, 0.4) is 0 Å². The Kier molecular flexibility index (Phi) is 4.45. The zero-order valence-corrected chi connectivity index (χ0v) is 10.5. The molecule has 0 fully saturated rings. The second kappa shape index (κ2) is 5.63. The molecule has 0 aromatic carbocycles. The summed E-state index contributed by atoms with van der Waals surface area (Å²) in [6, 6.07) is 3.67. The molecule has 5 heteroatoms. The van der Waals surface area contributed by atoms with Gasteiger partial charge in [0, 0.05) is 24.8 Å². The molecule has 94 valence electrons. The Morgan fingerprint density at radius 3 is 2.88 bits per heavy atom. The summed E-state index contributed by atoms with van der Waals surface area (Å²) in [6.45, 7) is 4.31. The number of carbonyl (C=O) groups is 1. The number of rotatable bonds is 5. The van der Waals surface area contributed by atoms with Crippen molar-refractivity contribution in [1.82, 2.24) is 10.3 Å². The molecule has 0 atom stereocenters. The van der Waals surface area contributed by atoms with Crippen molar-refractivity contribution in [3.05, 3.63) is 23.9 Å². The van der Waals surface area contributed by atoms with Gasteiger partial charge in [-0.1, -0.05) is 6.07 Å². The first-order chi connectivity index (χ1) is 8.01. The van der Waals surface area contributed by atoms with Gasteiger partial charge in [-0.2, -0.15) is 0 Å². The molecule has 1 rings (SSSR count). The number of ether oxygens (including phenoxy) is 1. The van der Waals surface area contributed by atoms with Crippen molar-refractivity contribution in [2.45, 2.75) is 20.4 Å². The predicted molar refractivity (Wildman–Crippen MR) is 65.5 cm³/mol. The fourth-order valence-electron chi connectivity index (χ4n) is 1.25. The molecule has 1 aromatic heterocycles. The first-order valence-corrected chi connectivity index (χ1v) is 5.47. The van der Waals surface area contributed by atoms with Gasteiger partial charge in [-0.3, -0.25) is 4.79 Å². The Labute approximate surface area is 101 Å². The molecule has 0 unspecified atom stereocenters. The van der Waals surface area contributed by atoms with Crippen LogP contribution in [0.15, 0.2) is 18.3 Å². The molecule has 0 bridgehead atoms. The van der Waals surface area contributed by atoms with Crippen molar-refractivity contribution in [3.8, 4) is 5.88 Å². The summed E-state index contributed by atoms with van der Waals surface area (Å²) < 4.78 is 5.10. The molecule has 0 aliphatic heterocycles. The van der Waals surface area contributed by atoms with Crippen molar-refractivity contribution < 1.29 is 9.53 Å². The molecule has 5 nitrogen and oxygen atoms in total. The molecule has 3 N–H and O–H groups in total. The van der Waals surface area contributed by atoms with Gasteiger partial charge >= 0.3 is 0 Å². The maximum absolute atomic E-state index is 11.8. The number of aromatic nitrogens is 1. The van der Waals surface area contributed by atoms with Crippen LogP contribution in [0.5, 0.6) is 5.88 Å². The van der Waals surface area contributed by atoms with E-state index in [1.165, 1.54) is 0 Å². The van der Waals surface area contributed by atoms with Crippen LogP contribution >= 0.6 is 0 Å². The third kappa shape index (κ3) is 3.42. The molecule has 17 heavy (non-hydrogen) atoms. The summed E-state index contributed by atoms with van der Waals surface area (Å²) in [5.74, 6) is 0.448. The number of nitrogens with two attached hydrogens (primary N) is 1. The highest BCUT2D eigenvalue weighted by Gasteiger charge is 2.25. The second-order valence-electron chi connectivity index (χ2n) is 4.44. The fourth-order valence-corrected chi connectivity index (χ4v) is 1.25. The molecule has 1 amide bonds. The van der Waals surface area contributed by atoms with Gasteiger partial charge in [-0.15, -0.1) is 0 Å². The summed E-state index contributed by atoms with van der Waals surface area (Å²) in [4.78, 5) is 15.9. The molecule has 1 heterocycles. The topological polar surface area (TPSA) is 77.2 Å². The molecule has 0 saturated heterocycles. The quantitative estimate of drug-likeness (QED) is 0.790. The van der Waals surface area contributed by atoms with E-state index in [2.05, 4.69) is 10.3 Å². The lowest BCUT2D eigenvalue weighted by molar-refractivity contribution is -0.129. The van der Waals surface area contributed by atoms with E-state index in [0.717, 1.165) is 5.56 Å². The van der Waals surface area contributed by atoms with Crippen LogP contribution < -0.4 is 15.8 Å². The van der Waals surface area contributed by atoms with Gasteiger partial charge in [-0.05, 0) is 19.9 Å². The van der Waals surface area contributed by atoms with Crippen LogP contribution in [0, 0.1) is 5.41 Å². The first-order valence-electron chi connectivity index (χ1n) is 5.47. The number of methoxy groups -OCH3 is 1. The molecule has 0 saturated carbocycles. The molecule has 0 aliphatic carbocycles. The van der Waals surface area contributed by atoms with E-state index in [4.69, 9.17) is 10.5 Å². The van der Waals surface area contributed by atoms with E-state index in [9.17, 15) is 4.79 Å². The Morgan fingerprint density at radius 1 is 1.59 bits per heavy atom. The van der Waals surface area contributed by atoms with Gasteiger partial charge in [-0.25, -0.2) is 4.98 Å². The van der Waals surface area contributed by atoms with Crippen molar-refractivity contribution in [2.75, 3.05) is 13.7 Å². The molecule has 0 spiro atoms. The third-order valence-corrected chi connectivity index (χ3v) is 2.61. The lowest BCUT2D eigenvalue weighted by atomic mass is 9.92. The van der Waals surface area contributed by atoms with Gasteiger partial charge in [0.2, 0.25) is 11.8 Å². The van der Waals surface area contributed by atoms with Crippen LogP contribution in [0.25, 0.3) is 0 Å². The third-order valence-electron chi connectivity index (χ3n) is 2.61. The number of nitrogens with zero attached hydrogens (tertiary/aromatic N) is 1. The molecule has 0 radical (unpaired) electrons. The maximum atomic E-state index is 11.8. The largest absolute Gasteiger partial charge is 0.481 e. The number of hydrogen-bond donors (Lipinski definition) is 2. The standard InChI is InChI=1S/C12H19N3O2/c1-12(2,8-13)11(16)15-7-9-5-4-6-14-10(9)17-3/h4-6H,7-8,13H2,1-3H3,(H,15,16). The van der Waals surface area contributed by atoms with Crippen LogP contribution in [-0.2, 0) is 11.3 Å². The number of carbonyl (C=O) groups excluding carboxylic acids is 1. The normalized spacial score (nSPS) is 11.1. The maximum Gasteiger partial charge on any atom is 0.227 e. The van der Waals surface area contributed by atoms with Crippen molar-refractivity contribution >= 4 is 5.91 Å². The van der Waals surface area contributed by atoms with Gasteiger partial charge in [0.1, 0.15) is 0 Å². The van der Waals surface area contributed by atoms with Crippen LogP contribution in [0.4, 0.5) is 0 Å². The van der Waals surface area contributed by atoms with E-state index in [-0.39, 0.29) is 5.91 Å². The zero-order chi connectivity index (χ0) is 12.9. The molecule has 1 aromatic rings. The van der Waals surface area contributed by atoms with Crippen molar-refractivity contribution in [1.29, 1.82) is 0 Å². The van der Waals surface area contributed by atoms with E-state index in [0.29, 0.717) is 19.0 Å². The average Bonchev–Trinajstić information content (AvgIpc) is 2.36. The summed E-state index contributed by atoms with van der Waals surface area (Å²) >= 11 is 0. The highest BCUT2D eigenvalue weighted by atomic mass is 16.5. The Morgan fingerprint density at radius 2 is 2.29 bits per heavy atom. The SMILES string of the molecule is COc1ncccc1CNC(=O)C(C)(C)CN. The minimum absolute atomic E-state index is 0.0779. The summed E-state index contributed by atoms with van der Waals surface area (Å²) in [5, 5.41) is 2.83. The lowest BCUT2D eigenvalue weighted by Gasteiger charge is -2.21. The Bertz CT molecular complexity index is 391. The minimum Gasteiger partial charge on any atom is -0.481 e. The van der Waals surface area contributed by atoms with Gasteiger partial charge in [0.15, 0.2) is 0 Å². The van der Waals surface area contributed by atoms with E-state index in [1.807, 2.05) is 19.9 Å².